The van der Waals surface area contributed by atoms with Crippen molar-refractivity contribution in [1.29, 1.82) is 0 Å². The maximum Gasteiger partial charge on any atom is 0.0965 e. The van der Waals surface area contributed by atoms with Gasteiger partial charge in [0.2, 0.25) is 0 Å². The zero-order chi connectivity index (χ0) is 13.1. The van der Waals surface area contributed by atoms with Crippen LogP contribution < -0.4 is 0 Å². The van der Waals surface area contributed by atoms with Crippen LogP contribution >= 0.6 is 15.9 Å². The predicted octanol–water partition coefficient (Wildman–Crippen LogP) is 4.23. The number of hydrogen-bond donors (Lipinski definition) is 0. The minimum absolute atomic E-state index is 0.951. The molecule has 2 aromatic carbocycles. The highest BCUT2D eigenvalue weighted by atomic mass is 79.9. The van der Waals surface area contributed by atoms with E-state index in [-0.39, 0.29) is 0 Å². The maximum atomic E-state index is 4.48. The molecule has 0 aliphatic heterocycles. The summed E-state index contributed by atoms with van der Waals surface area (Å²) in [6.07, 6.45) is 4.49. The fourth-order valence-electron chi connectivity index (χ4n) is 2.22. The molecule has 3 rings (SSSR count). The molecule has 0 saturated carbocycles. The Morgan fingerprint density at radius 2 is 1.74 bits per heavy atom. The van der Waals surface area contributed by atoms with Crippen LogP contribution in [-0.4, -0.2) is 15.3 Å². The second-order valence-corrected chi connectivity index (χ2v) is 5.17. The summed E-state index contributed by atoms with van der Waals surface area (Å²) in [6, 6.07) is 14.7. The van der Waals surface area contributed by atoms with E-state index >= 15 is 0 Å². The topological polar surface area (TPSA) is 25.8 Å². The predicted molar refractivity (Wildman–Crippen MR) is 82.5 cm³/mol. The van der Waals surface area contributed by atoms with Crippen molar-refractivity contribution in [2.45, 2.75) is 6.42 Å². The molecule has 0 saturated heterocycles. The summed E-state index contributed by atoms with van der Waals surface area (Å²) < 4.78 is 0. The highest BCUT2D eigenvalue weighted by molar-refractivity contribution is 9.09. The molecule has 2 nitrogen and oxygen atoms in total. The van der Waals surface area contributed by atoms with Crippen LogP contribution in [-0.2, 0) is 6.42 Å². The van der Waals surface area contributed by atoms with Gasteiger partial charge in [0.1, 0.15) is 0 Å². The number of rotatable bonds is 3. The standard InChI is InChI=1S/C16H13BrN2/c17-7-6-12-10-14(13-4-2-1-3-5-13)16-15(11-12)18-8-9-19-16/h1-5,8-11H,6-7H2. The van der Waals surface area contributed by atoms with E-state index < -0.39 is 0 Å². The SMILES string of the molecule is BrCCc1cc(-c2ccccc2)c2nccnc2c1. The fourth-order valence-corrected chi connectivity index (χ4v) is 2.68. The van der Waals surface area contributed by atoms with E-state index in [1.165, 1.54) is 11.1 Å². The summed E-state index contributed by atoms with van der Waals surface area (Å²) in [5.74, 6) is 0. The van der Waals surface area contributed by atoms with Crippen molar-refractivity contribution in [1.82, 2.24) is 9.97 Å². The lowest BCUT2D eigenvalue weighted by Crippen LogP contribution is -1.92. The molecule has 94 valence electrons. The first-order valence-corrected chi connectivity index (χ1v) is 7.35. The molecular weight excluding hydrogens is 300 g/mol. The van der Waals surface area contributed by atoms with Gasteiger partial charge in [0.05, 0.1) is 11.0 Å². The lowest BCUT2D eigenvalue weighted by molar-refractivity contribution is 1.17. The fraction of sp³-hybridized carbons (Fsp3) is 0.125. The molecule has 0 aliphatic carbocycles. The quantitative estimate of drug-likeness (QED) is 0.676. The first kappa shape index (κ1) is 12.3. The first-order valence-electron chi connectivity index (χ1n) is 6.23. The minimum Gasteiger partial charge on any atom is -0.253 e. The molecule has 0 bridgehead atoms. The van der Waals surface area contributed by atoms with Crippen molar-refractivity contribution < 1.29 is 0 Å². The van der Waals surface area contributed by atoms with E-state index in [1.807, 2.05) is 6.07 Å². The molecule has 3 heteroatoms. The van der Waals surface area contributed by atoms with Crippen LogP contribution in [0.25, 0.3) is 22.2 Å². The Balaban J connectivity index is 2.26. The van der Waals surface area contributed by atoms with Crippen LogP contribution in [0.15, 0.2) is 54.9 Å². The van der Waals surface area contributed by atoms with Gasteiger partial charge in [-0.2, -0.15) is 0 Å². The number of nitrogens with zero attached hydrogens (tertiary/aromatic N) is 2. The second kappa shape index (κ2) is 5.49. The number of alkyl halides is 1. The summed E-state index contributed by atoms with van der Waals surface area (Å²) >= 11 is 3.49. The van der Waals surface area contributed by atoms with Crippen molar-refractivity contribution >= 4 is 27.0 Å². The van der Waals surface area contributed by atoms with Gasteiger partial charge in [-0.25, -0.2) is 0 Å². The largest absolute Gasteiger partial charge is 0.253 e. The summed E-state index contributed by atoms with van der Waals surface area (Å²) in [5, 5.41) is 0.951. The zero-order valence-electron chi connectivity index (χ0n) is 10.4. The van der Waals surface area contributed by atoms with Crippen molar-refractivity contribution in [3.8, 4) is 11.1 Å². The Morgan fingerprint density at radius 3 is 2.53 bits per heavy atom. The number of aryl methyl sites for hydroxylation is 1. The molecule has 0 atom stereocenters. The number of aromatic nitrogens is 2. The third kappa shape index (κ3) is 2.51. The summed E-state index contributed by atoms with van der Waals surface area (Å²) in [7, 11) is 0. The van der Waals surface area contributed by atoms with Crippen molar-refractivity contribution in [3.05, 3.63) is 60.4 Å². The van der Waals surface area contributed by atoms with Crippen LogP contribution in [0.5, 0.6) is 0 Å². The van der Waals surface area contributed by atoms with Crippen LogP contribution in [0.2, 0.25) is 0 Å². The second-order valence-electron chi connectivity index (χ2n) is 4.37. The van der Waals surface area contributed by atoms with Crippen molar-refractivity contribution in [2.24, 2.45) is 0 Å². The molecule has 0 aliphatic rings. The molecule has 0 N–H and O–H groups in total. The Bertz CT molecular complexity index is 695. The average molecular weight is 313 g/mol. The Kier molecular flexibility index (Phi) is 3.56. The van der Waals surface area contributed by atoms with E-state index in [9.17, 15) is 0 Å². The van der Waals surface area contributed by atoms with Gasteiger partial charge in [0.25, 0.3) is 0 Å². The lowest BCUT2D eigenvalue weighted by atomic mass is 10.00. The highest BCUT2D eigenvalue weighted by Crippen LogP contribution is 2.28. The molecule has 0 radical (unpaired) electrons. The normalized spacial score (nSPS) is 10.8. The molecule has 0 amide bonds. The van der Waals surface area contributed by atoms with Gasteiger partial charge >= 0.3 is 0 Å². The van der Waals surface area contributed by atoms with Crippen LogP contribution in [0, 0.1) is 0 Å². The summed E-state index contributed by atoms with van der Waals surface area (Å²) in [5.41, 5.74) is 5.54. The van der Waals surface area contributed by atoms with E-state index in [0.29, 0.717) is 0 Å². The zero-order valence-corrected chi connectivity index (χ0v) is 12.0. The van der Waals surface area contributed by atoms with E-state index in [1.54, 1.807) is 12.4 Å². The van der Waals surface area contributed by atoms with E-state index in [2.05, 4.69) is 62.3 Å². The summed E-state index contributed by atoms with van der Waals surface area (Å²) in [4.78, 5) is 8.92. The smallest absolute Gasteiger partial charge is 0.0965 e. The summed E-state index contributed by atoms with van der Waals surface area (Å²) in [6.45, 7) is 0. The number of benzene rings is 2. The third-order valence-corrected chi connectivity index (χ3v) is 3.50. The van der Waals surface area contributed by atoms with Gasteiger partial charge in [-0.3, -0.25) is 9.97 Å². The Hall–Kier alpha value is -1.74. The number of halogens is 1. The molecule has 1 aromatic heterocycles. The van der Waals surface area contributed by atoms with Gasteiger partial charge in [0.15, 0.2) is 0 Å². The van der Waals surface area contributed by atoms with Crippen molar-refractivity contribution in [2.75, 3.05) is 5.33 Å². The van der Waals surface area contributed by atoms with Crippen LogP contribution in [0.3, 0.4) is 0 Å². The lowest BCUT2D eigenvalue weighted by Gasteiger charge is -2.08. The molecule has 3 aromatic rings. The van der Waals surface area contributed by atoms with Gasteiger partial charge in [-0.05, 0) is 29.7 Å². The Morgan fingerprint density at radius 1 is 0.947 bits per heavy atom. The molecule has 1 heterocycles. The van der Waals surface area contributed by atoms with E-state index in [0.717, 1.165) is 28.3 Å². The van der Waals surface area contributed by atoms with Crippen LogP contribution in [0.1, 0.15) is 5.56 Å². The van der Waals surface area contributed by atoms with Crippen molar-refractivity contribution in [3.63, 3.8) is 0 Å². The van der Waals surface area contributed by atoms with Gasteiger partial charge in [0, 0.05) is 23.3 Å². The first-order chi connectivity index (χ1) is 9.38. The maximum absolute atomic E-state index is 4.48. The number of hydrogen-bond acceptors (Lipinski definition) is 2. The molecule has 19 heavy (non-hydrogen) atoms. The third-order valence-electron chi connectivity index (χ3n) is 3.10. The minimum atomic E-state index is 0.951. The van der Waals surface area contributed by atoms with Crippen LogP contribution in [0.4, 0.5) is 0 Å². The average Bonchev–Trinajstić information content (AvgIpc) is 2.48. The molecule has 0 unspecified atom stereocenters. The van der Waals surface area contributed by atoms with Gasteiger partial charge in [-0.15, -0.1) is 0 Å². The number of fused-ring (bicyclic) bond motifs is 1. The van der Waals surface area contributed by atoms with Gasteiger partial charge in [-0.1, -0.05) is 46.3 Å². The monoisotopic (exact) mass is 312 g/mol. The molecule has 0 fully saturated rings. The Labute approximate surface area is 120 Å². The van der Waals surface area contributed by atoms with Gasteiger partial charge < -0.3 is 0 Å². The highest BCUT2D eigenvalue weighted by Gasteiger charge is 2.07. The molecule has 0 spiro atoms. The van der Waals surface area contributed by atoms with E-state index in [4.69, 9.17) is 0 Å². The molecular formula is C16H13BrN2.